The summed E-state index contributed by atoms with van der Waals surface area (Å²) >= 11 is 0. The highest BCUT2D eigenvalue weighted by atomic mass is 32.2. The average molecular weight is 547 g/mol. The van der Waals surface area contributed by atoms with Crippen LogP contribution in [0.5, 0.6) is 5.75 Å². The molecule has 0 saturated heterocycles. The fourth-order valence-electron chi connectivity index (χ4n) is 3.88. The minimum Gasteiger partial charge on any atom is -0.489 e. The maximum absolute atomic E-state index is 13.6. The molecule has 0 amide bonds. The monoisotopic (exact) mass is 546 g/mol. The molecule has 0 bridgehead atoms. The molecule has 9 nitrogen and oxygen atoms in total. The van der Waals surface area contributed by atoms with Crippen molar-refractivity contribution >= 4 is 16.0 Å². The van der Waals surface area contributed by atoms with Crippen LogP contribution in [0.15, 0.2) is 96.4 Å². The lowest BCUT2D eigenvalue weighted by Crippen LogP contribution is -2.34. The number of benzene rings is 2. The molecular formula is C29H30N4O5S. The number of carbonyl (C=O) groups excluding carboxylic acids is 1. The highest BCUT2D eigenvalue weighted by Crippen LogP contribution is 2.24. The standard InChI is InChI=1S/C29H30N4O5S/c1-22(34)38-29(2,3)21-37-26-9-6-8-24(18-26)20-33(39(35,36)27-10-4-5-15-30-27)19-23-11-13-25(14-12-23)28-31-16-7-17-32-28/h4-18H,19-21H2,1-3H3. The zero-order chi connectivity index (χ0) is 27.9. The fraction of sp³-hybridized carbons (Fsp3) is 0.241. The first-order chi connectivity index (χ1) is 18.6. The Kier molecular flexibility index (Phi) is 8.68. The van der Waals surface area contributed by atoms with Crippen molar-refractivity contribution in [2.45, 2.75) is 44.5 Å². The molecule has 0 spiro atoms. The van der Waals surface area contributed by atoms with Gasteiger partial charge in [0, 0.05) is 44.2 Å². The molecule has 2 aromatic heterocycles. The van der Waals surface area contributed by atoms with Gasteiger partial charge in [-0.3, -0.25) is 4.79 Å². The molecule has 4 rings (SSSR count). The van der Waals surface area contributed by atoms with E-state index in [4.69, 9.17) is 9.47 Å². The van der Waals surface area contributed by atoms with Crippen LogP contribution >= 0.6 is 0 Å². The van der Waals surface area contributed by atoms with E-state index in [-0.39, 0.29) is 24.7 Å². The molecule has 0 aliphatic carbocycles. The summed E-state index contributed by atoms with van der Waals surface area (Å²) in [6, 6.07) is 21.2. The molecule has 39 heavy (non-hydrogen) atoms. The van der Waals surface area contributed by atoms with Crippen molar-refractivity contribution in [1.29, 1.82) is 0 Å². The minimum absolute atomic E-state index is 0.0326. The predicted octanol–water partition coefficient (Wildman–Crippen LogP) is 4.65. The number of ether oxygens (including phenoxy) is 2. The molecule has 0 saturated carbocycles. The number of carbonyl (C=O) groups is 1. The topological polar surface area (TPSA) is 112 Å². The highest BCUT2D eigenvalue weighted by molar-refractivity contribution is 7.89. The van der Waals surface area contributed by atoms with Crippen LogP contribution in [0.2, 0.25) is 0 Å². The predicted molar refractivity (Wildman–Crippen MR) is 146 cm³/mol. The van der Waals surface area contributed by atoms with Crippen LogP contribution in [0, 0.1) is 0 Å². The van der Waals surface area contributed by atoms with E-state index in [0.717, 1.165) is 16.7 Å². The summed E-state index contributed by atoms with van der Waals surface area (Å²) in [5.74, 6) is 0.739. The molecule has 0 radical (unpaired) electrons. The summed E-state index contributed by atoms with van der Waals surface area (Å²) < 4.78 is 39.8. The van der Waals surface area contributed by atoms with Crippen LogP contribution in [-0.2, 0) is 32.6 Å². The van der Waals surface area contributed by atoms with Gasteiger partial charge in [0.05, 0.1) is 0 Å². The molecule has 0 fully saturated rings. The highest BCUT2D eigenvalue weighted by Gasteiger charge is 2.27. The number of rotatable bonds is 11. The van der Waals surface area contributed by atoms with Gasteiger partial charge >= 0.3 is 5.97 Å². The summed E-state index contributed by atoms with van der Waals surface area (Å²) in [5, 5.41) is -0.0326. The molecule has 2 aromatic carbocycles. The van der Waals surface area contributed by atoms with Gasteiger partial charge in [0.1, 0.15) is 18.0 Å². The third-order valence-electron chi connectivity index (χ3n) is 5.64. The Morgan fingerprint density at radius 3 is 2.21 bits per heavy atom. The van der Waals surface area contributed by atoms with Crippen LogP contribution in [0.1, 0.15) is 31.9 Å². The first-order valence-electron chi connectivity index (χ1n) is 12.3. The van der Waals surface area contributed by atoms with Crippen molar-refractivity contribution in [1.82, 2.24) is 19.3 Å². The van der Waals surface area contributed by atoms with Gasteiger partial charge < -0.3 is 9.47 Å². The van der Waals surface area contributed by atoms with Crippen LogP contribution in [0.4, 0.5) is 0 Å². The Labute approximate surface area is 228 Å². The number of hydrogen-bond donors (Lipinski definition) is 0. The van der Waals surface area contributed by atoms with Gasteiger partial charge in [-0.1, -0.05) is 42.5 Å². The molecule has 4 aromatic rings. The average Bonchev–Trinajstić information content (AvgIpc) is 2.92. The van der Waals surface area contributed by atoms with Crippen LogP contribution < -0.4 is 4.74 Å². The van der Waals surface area contributed by atoms with Crippen molar-refractivity contribution in [2.75, 3.05) is 6.61 Å². The Balaban J connectivity index is 1.57. The molecule has 2 heterocycles. The van der Waals surface area contributed by atoms with Crippen molar-refractivity contribution in [2.24, 2.45) is 0 Å². The first-order valence-corrected chi connectivity index (χ1v) is 13.8. The summed E-state index contributed by atoms with van der Waals surface area (Å²) in [4.78, 5) is 24.0. The third-order valence-corrected chi connectivity index (χ3v) is 7.35. The normalized spacial score (nSPS) is 11.8. The van der Waals surface area contributed by atoms with E-state index in [2.05, 4.69) is 15.0 Å². The molecule has 0 N–H and O–H groups in total. The Morgan fingerprint density at radius 1 is 0.846 bits per heavy atom. The lowest BCUT2D eigenvalue weighted by molar-refractivity contribution is -0.156. The lowest BCUT2D eigenvalue weighted by atomic mass is 10.1. The third kappa shape index (κ3) is 7.68. The summed E-state index contributed by atoms with van der Waals surface area (Å²) in [6.45, 7) is 5.22. The summed E-state index contributed by atoms with van der Waals surface area (Å²) in [7, 11) is -3.92. The van der Waals surface area contributed by atoms with E-state index < -0.39 is 21.6 Å². The van der Waals surface area contributed by atoms with Gasteiger partial charge in [-0.2, -0.15) is 4.31 Å². The van der Waals surface area contributed by atoms with E-state index >= 15 is 0 Å². The van der Waals surface area contributed by atoms with E-state index in [1.165, 1.54) is 23.5 Å². The van der Waals surface area contributed by atoms with Gasteiger partial charge in [-0.25, -0.2) is 23.4 Å². The molecular weight excluding hydrogens is 516 g/mol. The number of hydrogen-bond acceptors (Lipinski definition) is 8. The van der Waals surface area contributed by atoms with E-state index in [1.54, 1.807) is 62.6 Å². The summed E-state index contributed by atoms with van der Waals surface area (Å²) in [6.07, 6.45) is 4.80. The smallest absolute Gasteiger partial charge is 0.303 e. The van der Waals surface area contributed by atoms with E-state index in [1.807, 2.05) is 30.3 Å². The second-order valence-electron chi connectivity index (χ2n) is 9.50. The maximum Gasteiger partial charge on any atom is 0.303 e. The van der Waals surface area contributed by atoms with Gasteiger partial charge in [0.25, 0.3) is 10.0 Å². The quantitative estimate of drug-likeness (QED) is 0.250. The Hall–Kier alpha value is -4.15. The summed E-state index contributed by atoms with van der Waals surface area (Å²) in [5.41, 5.74) is 1.55. The number of esters is 1. The number of sulfonamides is 1. The Bertz CT molecular complexity index is 1500. The number of aromatic nitrogens is 3. The van der Waals surface area contributed by atoms with Gasteiger partial charge in [0.15, 0.2) is 10.9 Å². The minimum atomic E-state index is -3.92. The number of nitrogens with zero attached hydrogens (tertiary/aromatic N) is 4. The molecule has 0 unspecified atom stereocenters. The molecule has 0 atom stereocenters. The fourth-order valence-corrected chi connectivity index (χ4v) is 5.23. The SMILES string of the molecule is CC(=O)OC(C)(C)COc1cccc(CN(Cc2ccc(-c3ncccn3)cc2)S(=O)(=O)c2ccccn2)c1. The molecule has 0 aliphatic heterocycles. The lowest BCUT2D eigenvalue weighted by Gasteiger charge is -2.25. The van der Waals surface area contributed by atoms with Gasteiger partial charge in [0.2, 0.25) is 0 Å². The van der Waals surface area contributed by atoms with Gasteiger partial charge in [-0.05, 0) is 55.3 Å². The second-order valence-corrected chi connectivity index (χ2v) is 11.4. The van der Waals surface area contributed by atoms with Crippen molar-refractivity contribution in [3.63, 3.8) is 0 Å². The molecule has 10 heteroatoms. The zero-order valence-electron chi connectivity index (χ0n) is 22.0. The molecule has 0 aliphatic rings. The van der Waals surface area contributed by atoms with Crippen molar-refractivity contribution < 1.29 is 22.7 Å². The van der Waals surface area contributed by atoms with Crippen molar-refractivity contribution in [3.8, 4) is 17.1 Å². The number of pyridine rings is 1. The van der Waals surface area contributed by atoms with E-state index in [9.17, 15) is 13.2 Å². The zero-order valence-corrected chi connectivity index (χ0v) is 22.8. The Morgan fingerprint density at radius 2 is 1.54 bits per heavy atom. The van der Waals surface area contributed by atoms with E-state index in [0.29, 0.717) is 11.6 Å². The first kappa shape index (κ1) is 27.9. The second kappa shape index (κ2) is 12.1. The van der Waals surface area contributed by atoms with Gasteiger partial charge in [-0.15, -0.1) is 0 Å². The van der Waals surface area contributed by atoms with Crippen LogP contribution in [0.3, 0.4) is 0 Å². The van der Waals surface area contributed by atoms with Crippen LogP contribution in [0.25, 0.3) is 11.4 Å². The van der Waals surface area contributed by atoms with Crippen LogP contribution in [-0.4, -0.2) is 45.9 Å². The molecule has 202 valence electrons. The largest absolute Gasteiger partial charge is 0.489 e. The maximum atomic E-state index is 13.6. The van der Waals surface area contributed by atoms with Crippen molar-refractivity contribution in [3.05, 3.63) is 103 Å².